The van der Waals surface area contributed by atoms with Crippen LogP contribution in [0.1, 0.15) is 56.9 Å². The fourth-order valence-electron chi connectivity index (χ4n) is 6.19. The van der Waals surface area contributed by atoms with Gasteiger partial charge >= 0.3 is 5.97 Å². The van der Waals surface area contributed by atoms with E-state index in [-0.39, 0.29) is 35.7 Å². The number of H-pyrrole nitrogens is 1. The molecule has 0 spiro atoms. The zero-order valence-corrected chi connectivity index (χ0v) is 19.7. The minimum atomic E-state index is -0.621. The molecule has 180 valence electrons. The van der Waals surface area contributed by atoms with Gasteiger partial charge in [0.15, 0.2) is 0 Å². The van der Waals surface area contributed by atoms with Crippen LogP contribution >= 0.6 is 0 Å². The van der Waals surface area contributed by atoms with Crippen molar-refractivity contribution in [1.29, 1.82) is 0 Å². The van der Waals surface area contributed by atoms with E-state index in [1.165, 1.54) is 13.2 Å². The van der Waals surface area contributed by atoms with Crippen molar-refractivity contribution in [3.63, 3.8) is 0 Å². The number of methoxy groups -OCH3 is 1. The number of fused-ring (bicyclic) bond motifs is 2. The molecule has 4 unspecified atom stereocenters. The van der Waals surface area contributed by atoms with Gasteiger partial charge in [0.25, 0.3) is 6.01 Å². The van der Waals surface area contributed by atoms with Crippen LogP contribution in [0.3, 0.4) is 0 Å². The summed E-state index contributed by atoms with van der Waals surface area (Å²) in [7, 11) is 1.45. The summed E-state index contributed by atoms with van der Waals surface area (Å²) >= 11 is 0. The Labute approximate surface area is 198 Å². The predicted molar refractivity (Wildman–Crippen MR) is 127 cm³/mol. The van der Waals surface area contributed by atoms with Gasteiger partial charge in [-0.25, -0.2) is 0 Å². The Morgan fingerprint density at radius 1 is 1.21 bits per heavy atom. The van der Waals surface area contributed by atoms with Crippen LogP contribution in [0.15, 0.2) is 40.9 Å². The smallest absolute Gasteiger partial charge is 0.309 e. The monoisotopic (exact) mass is 466 g/mol. The Hall–Kier alpha value is -3.09. The van der Waals surface area contributed by atoms with Crippen molar-refractivity contribution in [3.05, 3.63) is 48.1 Å². The van der Waals surface area contributed by atoms with Crippen LogP contribution in [0.2, 0.25) is 0 Å². The molecule has 1 aliphatic carbocycles. The minimum absolute atomic E-state index is 0.0393. The number of hydrogen-bond acceptors (Lipinski definition) is 4. The lowest BCUT2D eigenvalue weighted by atomic mass is 9.71. The van der Waals surface area contributed by atoms with Gasteiger partial charge in [-0.05, 0) is 55.2 Å². The topological polar surface area (TPSA) is 75.5 Å². The van der Waals surface area contributed by atoms with E-state index < -0.39 is 6.01 Å². The quantitative estimate of drug-likeness (QED) is 0.494. The van der Waals surface area contributed by atoms with Gasteiger partial charge < -0.3 is 19.0 Å². The summed E-state index contributed by atoms with van der Waals surface area (Å²) < 4.78 is 23.9. The zero-order chi connectivity index (χ0) is 23.8. The highest BCUT2D eigenvalue weighted by Gasteiger charge is 2.44. The number of hydrogen-bond donors (Lipinski definition) is 1. The zero-order valence-electron chi connectivity index (χ0n) is 19.7. The van der Waals surface area contributed by atoms with Crippen molar-refractivity contribution >= 4 is 22.8 Å². The molecular weight excluding hydrogens is 435 g/mol. The molecule has 5 rings (SSSR count). The van der Waals surface area contributed by atoms with E-state index in [4.69, 9.17) is 9.15 Å². The van der Waals surface area contributed by atoms with Crippen molar-refractivity contribution in [3.8, 4) is 11.3 Å². The van der Waals surface area contributed by atoms with Gasteiger partial charge in [0.2, 0.25) is 5.91 Å². The van der Waals surface area contributed by atoms with Crippen molar-refractivity contribution < 1.29 is 23.1 Å². The largest absolute Gasteiger partial charge is 0.469 e. The Kier molecular flexibility index (Phi) is 6.19. The number of benzene rings is 1. The number of rotatable bonds is 5. The van der Waals surface area contributed by atoms with Crippen LogP contribution in [0.4, 0.5) is 4.39 Å². The van der Waals surface area contributed by atoms with Gasteiger partial charge in [-0.15, -0.1) is 0 Å². The number of carbonyl (C=O) groups excluding carboxylic acids is 2. The average Bonchev–Trinajstić information content (AvgIpc) is 3.49. The second-order valence-corrected chi connectivity index (χ2v) is 9.70. The number of carbonyl (C=O) groups is 2. The van der Waals surface area contributed by atoms with Gasteiger partial charge in [-0.1, -0.05) is 25.5 Å². The minimum Gasteiger partial charge on any atom is -0.469 e. The molecule has 7 heteroatoms. The first-order chi connectivity index (χ1) is 16.5. The van der Waals surface area contributed by atoms with Crippen molar-refractivity contribution in [2.45, 2.75) is 57.4 Å². The Morgan fingerprint density at radius 3 is 2.82 bits per heavy atom. The molecule has 3 aromatic rings. The number of halogens is 1. The summed E-state index contributed by atoms with van der Waals surface area (Å²) in [6, 6.07) is 8.22. The molecule has 1 saturated carbocycles. The summed E-state index contributed by atoms with van der Waals surface area (Å²) in [5, 5.41) is 0.956. The van der Waals surface area contributed by atoms with Gasteiger partial charge in [-0.2, -0.15) is 4.39 Å². The maximum Gasteiger partial charge on any atom is 0.309 e. The van der Waals surface area contributed by atoms with Crippen LogP contribution in [0, 0.1) is 17.8 Å². The first-order valence-corrected chi connectivity index (χ1v) is 12.2. The van der Waals surface area contributed by atoms with Crippen LogP contribution in [0.5, 0.6) is 0 Å². The van der Waals surface area contributed by atoms with E-state index in [1.54, 1.807) is 6.07 Å². The van der Waals surface area contributed by atoms with Gasteiger partial charge in [-0.3, -0.25) is 9.59 Å². The number of likely N-dealkylation sites (tertiary alicyclic amines) is 1. The number of aromatic amines is 1. The number of piperidine rings is 1. The maximum absolute atomic E-state index is 13.6. The molecule has 1 saturated heterocycles. The average molecular weight is 467 g/mol. The van der Waals surface area contributed by atoms with Crippen LogP contribution in [-0.2, 0) is 14.3 Å². The fourth-order valence-corrected chi connectivity index (χ4v) is 6.19. The number of nitrogens with zero attached hydrogens (tertiary/aromatic N) is 1. The second-order valence-electron chi connectivity index (χ2n) is 9.70. The standard InChI is InChI=1S/C27H31FN2O4/c1-16(20-15-29-21-9-3-7-19(26(20)21)23-11-12-24(28)34-23)14-25(31)30-13-5-8-17-18(27(32)33-2)6-4-10-22(17)30/h3,7,9,11-12,15-18,22,29H,4-6,8,10,13-14H2,1-2H3. The number of amides is 1. The van der Waals surface area contributed by atoms with Crippen molar-refractivity contribution in [2.24, 2.45) is 11.8 Å². The molecule has 6 nitrogen and oxygen atoms in total. The molecule has 2 fully saturated rings. The highest BCUT2D eigenvalue weighted by atomic mass is 19.1. The summed E-state index contributed by atoms with van der Waals surface area (Å²) in [6.07, 6.45) is 6.92. The van der Waals surface area contributed by atoms with E-state index in [0.29, 0.717) is 12.2 Å². The number of esters is 1. The number of ether oxygens (including phenoxy) is 1. The van der Waals surface area contributed by atoms with Crippen molar-refractivity contribution in [1.82, 2.24) is 9.88 Å². The molecule has 1 N–H and O–H groups in total. The van der Waals surface area contributed by atoms with Crippen LogP contribution in [-0.4, -0.2) is 41.5 Å². The lowest BCUT2D eigenvalue weighted by Crippen LogP contribution is -2.53. The third kappa shape index (κ3) is 4.01. The molecule has 0 radical (unpaired) electrons. The molecule has 3 heterocycles. The van der Waals surface area contributed by atoms with E-state index >= 15 is 0 Å². The highest BCUT2D eigenvalue weighted by Crippen LogP contribution is 2.41. The number of aromatic nitrogens is 1. The summed E-state index contributed by atoms with van der Waals surface area (Å²) in [5.41, 5.74) is 2.75. The summed E-state index contributed by atoms with van der Waals surface area (Å²) in [5.74, 6) is 0.492. The first-order valence-electron chi connectivity index (χ1n) is 12.2. The van der Waals surface area contributed by atoms with Gasteiger partial charge in [0, 0.05) is 47.7 Å². The predicted octanol–water partition coefficient (Wildman–Crippen LogP) is 5.64. The molecule has 2 aromatic heterocycles. The lowest BCUT2D eigenvalue weighted by Gasteiger charge is -2.47. The third-order valence-electron chi connectivity index (χ3n) is 7.77. The third-order valence-corrected chi connectivity index (χ3v) is 7.77. The second kappa shape index (κ2) is 9.28. The van der Waals surface area contributed by atoms with E-state index in [0.717, 1.165) is 60.7 Å². The van der Waals surface area contributed by atoms with E-state index in [9.17, 15) is 14.0 Å². The Morgan fingerprint density at radius 2 is 2.06 bits per heavy atom. The molecule has 1 amide bonds. The Bertz CT molecular complexity index is 1200. The molecule has 1 aromatic carbocycles. The van der Waals surface area contributed by atoms with Crippen LogP contribution < -0.4 is 0 Å². The molecular formula is C27H31FN2O4. The Balaban J connectivity index is 1.38. The number of furan rings is 1. The summed E-state index contributed by atoms with van der Waals surface area (Å²) in [6.45, 7) is 2.80. The van der Waals surface area contributed by atoms with Gasteiger partial charge in [0.05, 0.1) is 13.0 Å². The summed E-state index contributed by atoms with van der Waals surface area (Å²) in [4.78, 5) is 31.2. The molecule has 0 bridgehead atoms. The van der Waals surface area contributed by atoms with Crippen molar-refractivity contribution in [2.75, 3.05) is 13.7 Å². The molecule has 1 aliphatic heterocycles. The normalized spacial score (nSPS) is 23.5. The molecule has 34 heavy (non-hydrogen) atoms. The van der Waals surface area contributed by atoms with Gasteiger partial charge in [0.1, 0.15) is 5.76 Å². The fraction of sp³-hybridized carbons (Fsp3) is 0.481. The van der Waals surface area contributed by atoms with E-state index in [1.807, 2.05) is 29.3 Å². The molecule has 2 aliphatic rings. The molecule has 4 atom stereocenters. The van der Waals surface area contributed by atoms with E-state index in [2.05, 4.69) is 11.9 Å². The lowest BCUT2D eigenvalue weighted by molar-refractivity contribution is -0.154. The first kappa shape index (κ1) is 22.7. The maximum atomic E-state index is 13.6. The number of nitrogens with one attached hydrogen (secondary N) is 1. The SMILES string of the molecule is COC(=O)C1CCCC2C1CCCN2C(=O)CC(C)c1c[nH]c2cccc(-c3ccc(F)o3)c12. The van der Waals surface area contributed by atoms with Crippen LogP contribution in [0.25, 0.3) is 22.2 Å². The highest BCUT2D eigenvalue weighted by molar-refractivity contribution is 5.97.